The molecule has 0 bridgehead atoms. The molecule has 0 saturated carbocycles. The van der Waals surface area contributed by atoms with Gasteiger partial charge in [0.05, 0.1) is 17.8 Å². The van der Waals surface area contributed by atoms with Crippen molar-refractivity contribution in [2.24, 2.45) is 0 Å². The minimum Gasteiger partial charge on any atom is -0.493 e. The molecule has 3 heterocycles. The molecule has 0 unspecified atom stereocenters. The normalized spacial score (nSPS) is 16.9. The number of carbonyl (C=O) groups is 1. The molecule has 178 valence electrons. The number of carbonyl (C=O) groups excluding carboxylic acids is 1. The summed E-state index contributed by atoms with van der Waals surface area (Å²) in [5.41, 5.74) is 2.76. The van der Waals surface area contributed by atoms with Crippen LogP contribution in [-0.2, 0) is 4.79 Å². The second-order valence-corrected chi connectivity index (χ2v) is 9.01. The molecular formula is C27H31N3O4. The van der Waals surface area contributed by atoms with Crippen LogP contribution in [0.3, 0.4) is 0 Å². The number of ether oxygens (including phenoxy) is 3. The smallest absolute Gasteiger partial charge is 0.264 e. The van der Waals surface area contributed by atoms with Gasteiger partial charge in [-0.25, -0.2) is 0 Å². The van der Waals surface area contributed by atoms with Crippen molar-refractivity contribution in [3.8, 4) is 17.2 Å². The highest BCUT2D eigenvalue weighted by molar-refractivity contribution is 5.97. The van der Waals surface area contributed by atoms with Crippen LogP contribution in [0.25, 0.3) is 10.9 Å². The summed E-state index contributed by atoms with van der Waals surface area (Å²) >= 11 is 0. The highest BCUT2D eigenvalue weighted by Gasteiger charge is 2.24. The largest absolute Gasteiger partial charge is 0.493 e. The summed E-state index contributed by atoms with van der Waals surface area (Å²) in [6.07, 6.45) is 3.13. The van der Waals surface area contributed by atoms with E-state index in [2.05, 4.69) is 16.0 Å². The van der Waals surface area contributed by atoms with E-state index < -0.39 is 0 Å². The standard InChI is InChI=1S/C27H31N3O4/c1-19-7-9-22-23(28-19)5-3-6-25(22)32-16-4-13-30-14-11-20(12-15-30)34-21-8-10-26-24(17-21)29(2)27(31)18-33-26/h3,5-10,17,20H,4,11-16,18H2,1-2H3. The quantitative estimate of drug-likeness (QED) is 0.491. The van der Waals surface area contributed by atoms with Crippen molar-refractivity contribution < 1.29 is 19.0 Å². The fraction of sp³-hybridized carbons (Fsp3) is 0.407. The summed E-state index contributed by atoms with van der Waals surface area (Å²) in [6, 6.07) is 15.9. The number of aryl methyl sites for hydroxylation is 1. The van der Waals surface area contributed by atoms with E-state index >= 15 is 0 Å². The van der Waals surface area contributed by atoms with Crippen molar-refractivity contribution in [3.63, 3.8) is 0 Å². The molecule has 0 spiro atoms. The van der Waals surface area contributed by atoms with E-state index in [1.807, 2.05) is 49.4 Å². The van der Waals surface area contributed by atoms with E-state index in [1.165, 1.54) is 0 Å². The Morgan fingerprint density at radius 3 is 2.82 bits per heavy atom. The third kappa shape index (κ3) is 4.94. The molecule has 1 fully saturated rings. The molecule has 2 aliphatic rings. The van der Waals surface area contributed by atoms with Crippen LogP contribution in [0.2, 0.25) is 0 Å². The number of hydrogen-bond donors (Lipinski definition) is 0. The lowest BCUT2D eigenvalue weighted by molar-refractivity contribution is -0.120. The Labute approximate surface area is 200 Å². The molecule has 2 aromatic carbocycles. The van der Waals surface area contributed by atoms with E-state index in [1.54, 1.807) is 11.9 Å². The Morgan fingerprint density at radius 1 is 1.12 bits per heavy atom. The molecule has 7 nitrogen and oxygen atoms in total. The molecule has 2 aliphatic heterocycles. The average Bonchev–Trinajstić information content (AvgIpc) is 2.85. The van der Waals surface area contributed by atoms with Gasteiger partial charge in [0.2, 0.25) is 0 Å². The van der Waals surface area contributed by atoms with Gasteiger partial charge in [0.25, 0.3) is 5.91 Å². The Bertz CT molecular complexity index is 1170. The summed E-state index contributed by atoms with van der Waals surface area (Å²) in [5, 5.41) is 1.07. The van der Waals surface area contributed by atoms with Crippen molar-refractivity contribution in [2.45, 2.75) is 32.3 Å². The van der Waals surface area contributed by atoms with Crippen LogP contribution >= 0.6 is 0 Å². The second-order valence-electron chi connectivity index (χ2n) is 9.01. The van der Waals surface area contributed by atoms with Gasteiger partial charge in [-0.1, -0.05) is 6.07 Å². The Kier molecular flexibility index (Phi) is 6.54. The summed E-state index contributed by atoms with van der Waals surface area (Å²) in [7, 11) is 1.77. The van der Waals surface area contributed by atoms with Crippen molar-refractivity contribution in [3.05, 3.63) is 54.2 Å². The first-order chi connectivity index (χ1) is 16.6. The molecule has 1 amide bonds. The second kappa shape index (κ2) is 9.89. The van der Waals surface area contributed by atoms with Gasteiger partial charge in [-0.3, -0.25) is 9.78 Å². The number of rotatable bonds is 7. The van der Waals surface area contributed by atoms with E-state index in [-0.39, 0.29) is 18.6 Å². The summed E-state index contributed by atoms with van der Waals surface area (Å²) in [6.45, 7) is 5.81. The molecule has 0 atom stereocenters. The first-order valence-corrected chi connectivity index (χ1v) is 12.0. The number of piperidine rings is 1. The summed E-state index contributed by atoms with van der Waals surface area (Å²) in [4.78, 5) is 20.6. The number of hydrogen-bond acceptors (Lipinski definition) is 6. The third-order valence-corrected chi connectivity index (χ3v) is 6.56. The van der Waals surface area contributed by atoms with Crippen molar-refractivity contribution in [2.75, 3.05) is 44.8 Å². The highest BCUT2D eigenvalue weighted by atomic mass is 16.5. The number of pyridine rings is 1. The molecule has 1 saturated heterocycles. The minimum absolute atomic E-state index is 0.0471. The zero-order chi connectivity index (χ0) is 23.5. The van der Waals surface area contributed by atoms with Crippen LogP contribution in [0.4, 0.5) is 5.69 Å². The number of likely N-dealkylation sites (N-methyl/N-ethyl adjacent to an activating group) is 1. The van der Waals surface area contributed by atoms with Gasteiger partial charge in [0.1, 0.15) is 23.4 Å². The molecule has 1 aromatic heterocycles. The van der Waals surface area contributed by atoms with Crippen molar-refractivity contribution in [1.29, 1.82) is 0 Å². The van der Waals surface area contributed by atoms with Crippen molar-refractivity contribution in [1.82, 2.24) is 9.88 Å². The predicted octanol–water partition coefficient (Wildman–Crippen LogP) is 4.21. The molecule has 34 heavy (non-hydrogen) atoms. The molecule has 3 aromatic rings. The zero-order valence-electron chi connectivity index (χ0n) is 19.8. The van der Waals surface area contributed by atoms with Crippen LogP contribution in [0.15, 0.2) is 48.5 Å². The Hall–Kier alpha value is -3.32. The van der Waals surface area contributed by atoms with Crippen LogP contribution in [0.5, 0.6) is 17.2 Å². The van der Waals surface area contributed by atoms with Gasteiger partial charge in [-0.15, -0.1) is 0 Å². The molecule has 0 N–H and O–H groups in total. The maximum atomic E-state index is 11.9. The zero-order valence-corrected chi connectivity index (χ0v) is 19.8. The number of anilines is 1. The number of amides is 1. The van der Waals surface area contributed by atoms with Gasteiger partial charge in [0, 0.05) is 43.8 Å². The van der Waals surface area contributed by atoms with Gasteiger partial charge in [-0.05, 0) is 62.6 Å². The fourth-order valence-corrected chi connectivity index (χ4v) is 4.59. The van der Waals surface area contributed by atoms with E-state index in [4.69, 9.17) is 14.2 Å². The number of aromatic nitrogens is 1. The SMILES string of the molecule is Cc1ccc2c(OCCCN3CCC(Oc4ccc5c(c4)N(C)C(=O)CO5)CC3)cccc2n1. The van der Waals surface area contributed by atoms with Crippen LogP contribution in [-0.4, -0.2) is 61.8 Å². The third-order valence-electron chi connectivity index (χ3n) is 6.56. The van der Waals surface area contributed by atoms with Gasteiger partial charge in [0.15, 0.2) is 6.61 Å². The van der Waals surface area contributed by atoms with Crippen LogP contribution < -0.4 is 19.1 Å². The van der Waals surface area contributed by atoms with E-state index in [0.717, 1.165) is 78.4 Å². The number of nitrogens with zero attached hydrogens (tertiary/aromatic N) is 3. The molecule has 5 rings (SSSR count). The molecule has 7 heteroatoms. The summed E-state index contributed by atoms with van der Waals surface area (Å²) < 4.78 is 17.8. The van der Waals surface area contributed by atoms with E-state index in [0.29, 0.717) is 6.61 Å². The number of likely N-dealkylation sites (tertiary alicyclic amines) is 1. The summed E-state index contributed by atoms with van der Waals surface area (Å²) in [5.74, 6) is 2.37. The fourth-order valence-electron chi connectivity index (χ4n) is 4.59. The van der Waals surface area contributed by atoms with E-state index in [9.17, 15) is 4.79 Å². The van der Waals surface area contributed by atoms with Crippen LogP contribution in [0.1, 0.15) is 25.0 Å². The molecular weight excluding hydrogens is 430 g/mol. The first kappa shape index (κ1) is 22.5. The van der Waals surface area contributed by atoms with Gasteiger partial charge in [-0.2, -0.15) is 0 Å². The molecule has 0 radical (unpaired) electrons. The maximum absolute atomic E-state index is 11.9. The molecule has 0 aliphatic carbocycles. The predicted molar refractivity (Wildman–Crippen MR) is 132 cm³/mol. The first-order valence-electron chi connectivity index (χ1n) is 12.0. The maximum Gasteiger partial charge on any atom is 0.264 e. The highest BCUT2D eigenvalue weighted by Crippen LogP contribution is 2.35. The lowest BCUT2D eigenvalue weighted by Gasteiger charge is -2.32. The minimum atomic E-state index is -0.0471. The monoisotopic (exact) mass is 461 g/mol. The Morgan fingerprint density at radius 2 is 1.97 bits per heavy atom. The van der Waals surface area contributed by atoms with Crippen LogP contribution in [0, 0.1) is 6.92 Å². The Balaban J connectivity index is 1.07. The average molecular weight is 462 g/mol. The van der Waals surface area contributed by atoms with Gasteiger partial charge < -0.3 is 24.0 Å². The lowest BCUT2D eigenvalue weighted by atomic mass is 10.1. The van der Waals surface area contributed by atoms with Crippen molar-refractivity contribution >= 4 is 22.5 Å². The number of fused-ring (bicyclic) bond motifs is 2. The number of benzene rings is 2. The van der Waals surface area contributed by atoms with Gasteiger partial charge >= 0.3 is 0 Å². The lowest BCUT2D eigenvalue weighted by Crippen LogP contribution is -2.39. The topological polar surface area (TPSA) is 64.1 Å².